The summed E-state index contributed by atoms with van der Waals surface area (Å²) in [6, 6.07) is 3.58. The Morgan fingerprint density at radius 1 is 1.16 bits per heavy atom. The molecular formula is C34H59N5O6. The highest BCUT2D eigenvalue weighted by Gasteiger charge is 2.31. The second-order valence-electron chi connectivity index (χ2n) is 13.2. The fraction of sp³-hybridized carbons (Fsp3) is 0.676. The Labute approximate surface area is 271 Å². The van der Waals surface area contributed by atoms with Crippen molar-refractivity contribution in [2.24, 2.45) is 11.8 Å². The number of ether oxygens (including phenoxy) is 2. The lowest BCUT2D eigenvalue weighted by molar-refractivity contribution is 0.0136. The van der Waals surface area contributed by atoms with Gasteiger partial charge in [-0.15, -0.1) is 0 Å². The molecule has 11 nitrogen and oxygen atoms in total. The highest BCUT2D eigenvalue weighted by Crippen LogP contribution is 2.21. The summed E-state index contributed by atoms with van der Waals surface area (Å²) in [5, 5.41) is 5.84. The number of piperidine rings is 1. The van der Waals surface area contributed by atoms with Crippen molar-refractivity contribution in [2.75, 3.05) is 25.5 Å². The first-order chi connectivity index (χ1) is 21.0. The van der Waals surface area contributed by atoms with Gasteiger partial charge < -0.3 is 29.4 Å². The second-order valence-corrected chi connectivity index (χ2v) is 13.2. The molecule has 45 heavy (non-hydrogen) atoms. The SMILES string of the molecule is CC.CC(C)(C)c1ncc(C=O)c(NCc2ccco2)n1.CCC(C)C.COC(=O)N[C@@H]1C[C@H](C)CN(C(=O)OC(C)(C)C)C1. The number of likely N-dealkylation sites (tertiary alicyclic amines) is 1. The van der Waals surface area contributed by atoms with Crippen LogP contribution >= 0.6 is 0 Å². The number of aromatic nitrogens is 2. The summed E-state index contributed by atoms with van der Waals surface area (Å²) in [5.41, 5.74) is -0.231. The van der Waals surface area contributed by atoms with Crippen molar-refractivity contribution in [3.05, 3.63) is 41.7 Å². The van der Waals surface area contributed by atoms with Gasteiger partial charge >= 0.3 is 12.2 Å². The van der Waals surface area contributed by atoms with Crippen LogP contribution in [0.15, 0.2) is 29.0 Å². The van der Waals surface area contributed by atoms with E-state index in [1.807, 2.05) is 74.4 Å². The van der Waals surface area contributed by atoms with E-state index in [2.05, 4.69) is 46.1 Å². The molecule has 0 unspecified atom stereocenters. The molecule has 2 N–H and O–H groups in total. The number of nitrogens with zero attached hydrogens (tertiary/aromatic N) is 3. The first-order valence-corrected chi connectivity index (χ1v) is 15.9. The van der Waals surface area contributed by atoms with Crippen molar-refractivity contribution < 1.29 is 28.3 Å². The second kappa shape index (κ2) is 20.4. The average molecular weight is 634 g/mol. The molecule has 0 aromatic carbocycles. The van der Waals surface area contributed by atoms with E-state index in [9.17, 15) is 14.4 Å². The standard InChI is InChI=1S/C14H17N3O2.C13H24N2O4.C5H12.C2H6/c1-14(2,3)13-16-7-10(9-18)12(17-13)15-8-11-5-4-6-19-11;1-9-6-10(14-11(16)18-5)8-15(7-9)12(17)19-13(2,3)4;1-4-5(2)3;1-2/h4-7,9H,8H2,1-3H3,(H,15,16,17);9-10H,6-8H2,1-5H3,(H,14,16);5H,4H2,1-3H3;1-2H3/t;9-,10+;;/m.0../s1. The van der Waals surface area contributed by atoms with E-state index < -0.39 is 11.7 Å². The van der Waals surface area contributed by atoms with Gasteiger partial charge in [0.25, 0.3) is 0 Å². The summed E-state index contributed by atoms with van der Waals surface area (Å²) < 4.78 is 15.2. The van der Waals surface area contributed by atoms with Crippen molar-refractivity contribution in [3.8, 4) is 0 Å². The number of amides is 2. The van der Waals surface area contributed by atoms with Gasteiger partial charge in [0.1, 0.15) is 23.0 Å². The lowest BCUT2D eigenvalue weighted by Gasteiger charge is -2.37. The van der Waals surface area contributed by atoms with Crippen LogP contribution in [0.25, 0.3) is 0 Å². The zero-order valence-corrected chi connectivity index (χ0v) is 29.9. The molecule has 11 heteroatoms. The van der Waals surface area contributed by atoms with Gasteiger partial charge in [-0.3, -0.25) is 4.79 Å². The molecule has 1 fully saturated rings. The Balaban J connectivity index is 0.000000714. The molecule has 0 radical (unpaired) electrons. The van der Waals surface area contributed by atoms with Gasteiger partial charge in [-0.1, -0.05) is 68.7 Å². The predicted octanol–water partition coefficient (Wildman–Crippen LogP) is 7.86. The van der Waals surface area contributed by atoms with E-state index in [1.165, 1.54) is 13.5 Å². The molecular weight excluding hydrogens is 574 g/mol. The van der Waals surface area contributed by atoms with Crippen LogP contribution in [0.2, 0.25) is 0 Å². The molecule has 1 aliphatic rings. The molecule has 1 aliphatic heterocycles. The molecule has 0 aliphatic carbocycles. The van der Waals surface area contributed by atoms with Crippen LogP contribution in [0.1, 0.15) is 118 Å². The van der Waals surface area contributed by atoms with Crippen LogP contribution in [0, 0.1) is 11.8 Å². The fourth-order valence-electron chi connectivity index (χ4n) is 3.72. The van der Waals surface area contributed by atoms with Gasteiger partial charge in [0.05, 0.1) is 31.5 Å². The summed E-state index contributed by atoms with van der Waals surface area (Å²) in [7, 11) is 1.33. The zero-order chi connectivity index (χ0) is 34.8. The minimum atomic E-state index is -0.511. The van der Waals surface area contributed by atoms with E-state index in [4.69, 9.17) is 9.15 Å². The third-order valence-electron chi connectivity index (χ3n) is 6.26. The van der Waals surface area contributed by atoms with Gasteiger partial charge in [-0.25, -0.2) is 19.6 Å². The van der Waals surface area contributed by atoms with E-state index in [0.717, 1.165) is 24.4 Å². The van der Waals surface area contributed by atoms with Crippen molar-refractivity contribution in [1.82, 2.24) is 20.2 Å². The number of nitrogens with one attached hydrogen (secondary N) is 2. The molecule has 2 aromatic rings. The minimum Gasteiger partial charge on any atom is -0.467 e. The van der Waals surface area contributed by atoms with Gasteiger partial charge in [0, 0.05) is 24.7 Å². The van der Waals surface area contributed by atoms with Crippen LogP contribution in [0.3, 0.4) is 0 Å². The Morgan fingerprint density at radius 3 is 2.24 bits per heavy atom. The smallest absolute Gasteiger partial charge is 0.410 e. The number of rotatable bonds is 6. The van der Waals surface area contributed by atoms with Gasteiger partial charge in [0.2, 0.25) is 0 Å². The minimum absolute atomic E-state index is 0.0938. The molecule has 2 atom stereocenters. The predicted molar refractivity (Wildman–Crippen MR) is 180 cm³/mol. The Bertz CT molecular complexity index is 1120. The number of aldehydes is 1. The molecule has 0 spiro atoms. The zero-order valence-electron chi connectivity index (χ0n) is 29.9. The van der Waals surface area contributed by atoms with E-state index in [-0.39, 0.29) is 17.6 Å². The number of alkyl carbamates (subject to hydrolysis) is 1. The maximum absolute atomic E-state index is 12.0. The third kappa shape index (κ3) is 17.4. The highest BCUT2D eigenvalue weighted by atomic mass is 16.6. The monoisotopic (exact) mass is 633 g/mol. The Morgan fingerprint density at radius 2 is 1.78 bits per heavy atom. The molecule has 0 saturated carbocycles. The van der Waals surface area contributed by atoms with Gasteiger partial charge in [-0.2, -0.15) is 0 Å². The lowest BCUT2D eigenvalue weighted by atomic mass is 9.95. The Hall–Kier alpha value is -3.63. The molecule has 2 aromatic heterocycles. The normalized spacial score (nSPS) is 16.0. The number of anilines is 1. The maximum Gasteiger partial charge on any atom is 0.410 e. The first kappa shape index (κ1) is 41.4. The average Bonchev–Trinajstić information content (AvgIpc) is 3.49. The quantitative estimate of drug-likeness (QED) is 0.305. The van der Waals surface area contributed by atoms with Crippen LogP contribution < -0.4 is 10.6 Å². The summed E-state index contributed by atoms with van der Waals surface area (Å²) >= 11 is 0. The van der Waals surface area contributed by atoms with Crippen LogP contribution in [0.4, 0.5) is 15.4 Å². The lowest BCUT2D eigenvalue weighted by Crippen LogP contribution is -2.53. The van der Waals surface area contributed by atoms with Crippen molar-refractivity contribution in [1.29, 1.82) is 0 Å². The number of carbonyl (C=O) groups excluding carboxylic acids is 3. The highest BCUT2D eigenvalue weighted by molar-refractivity contribution is 5.81. The molecule has 1 saturated heterocycles. The van der Waals surface area contributed by atoms with E-state index in [0.29, 0.717) is 42.8 Å². The van der Waals surface area contributed by atoms with Crippen molar-refractivity contribution in [2.45, 2.75) is 120 Å². The Kier molecular flexibility index (Phi) is 18.8. The molecule has 3 heterocycles. The van der Waals surface area contributed by atoms with Gasteiger partial charge in [-0.05, 0) is 51.2 Å². The van der Waals surface area contributed by atoms with Crippen LogP contribution in [0.5, 0.6) is 0 Å². The number of furan rings is 1. The fourth-order valence-corrected chi connectivity index (χ4v) is 3.72. The molecule has 3 rings (SSSR count). The first-order valence-electron chi connectivity index (χ1n) is 15.9. The summed E-state index contributed by atoms with van der Waals surface area (Å²) in [5.74, 6) is 3.21. The molecule has 2 amide bonds. The van der Waals surface area contributed by atoms with Crippen LogP contribution in [-0.4, -0.2) is 65.2 Å². The third-order valence-corrected chi connectivity index (χ3v) is 6.26. The molecule has 0 bridgehead atoms. The van der Waals surface area contributed by atoms with Crippen molar-refractivity contribution in [3.63, 3.8) is 0 Å². The number of methoxy groups -OCH3 is 1. The van der Waals surface area contributed by atoms with E-state index >= 15 is 0 Å². The van der Waals surface area contributed by atoms with Gasteiger partial charge in [0.15, 0.2) is 6.29 Å². The number of hydrogen-bond acceptors (Lipinski definition) is 9. The van der Waals surface area contributed by atoms with Crippen molar-refractivity contribution >= 4 is 24.3 Å². The maximum atomic E-state index is 12.0. The summed E-state index contributed by atoms with van der Waals surface area (Å²) in [6.07, 6.45) is 5.23. The molecule has 256 valence electrons. The largest absolute Gasteiger partial charge is 0.467 e. The topological polar surface area (TPSA) is 136 Å². The number of hydrogen-bond donors (Lipinski definition) is 2. The summed E-state index contributed by atoms with van der Waals surface area (Å²) in [6.45, 7) is 25.9. The van der Waals surface area contributed by atoms with Crippen LogP contribution in [-0.2, 0) is 21.4 Å². The van der Waals surface area contributed by atoms with E-state index in [1.54, 1.807) is 17.4 Å². The number of carbonyl (C=O) groups is 3. The summed E-state index contributed by atoms with van der Waals surface area (Å²) in [4.78, 5) is 44.5.